The SMILES string of the molecule is CC(=O)N1CC=C(c2cc3c(N4CC=C(c5ncc(C(C)(O)c6ccc(F)cc6)cn5)CC4)ncnn3c2)CC1. The minimum atomic E-state index is -1.33. The summed E-state index contributed by atoms with van der Waals surface area (Å²) >= 11 is 0. The molecule has 1 aromatic carbocycles. The first kappa shape index (κ1) is 25.8. The molecule has 2 aliphatic rings. The summed E-state index contributed by atoms with van der Waals surface area (Å²) in [6.07, 6.45) is 12.6. The van der Waals surface area contributed by atoms with Gasteiger partial charge in [-0.15, -0.1) is 0 Å². The maximum Gasteiger partial charge on any atom is 0.219 e. The van der Waals surface area contributed by atoms with Gasteiger partial charge in [-0.2, -0.15) is 5.10 Å². The van der Waals surface area contributed by atoms with Crippen LogP contribution in [0.1, 0.15) is 49.2 Å². The molecule has 3 aromatic heterocycles. The second-order valence-corrected chi connectivity index (χ2v) is 10.4. The second kappa shape index (κ2) is 10.3. The number of hydrogen-bond acceptors (Lipinski definition) is 7. The summed E-state index contributed by atoms with van der Waals surface area (Å²) in [5.74, 6) is 1.24. The van der Waals surface area contributed by atoms with Crippen LogP contribution in [-0.4, -0.2) is 66.7 Å². The molecule has 9 nitrogen and oxygen atoms in total. The van der Waals surface area contributed by atoms with Gasteiger partial charge in [0.15, 0.2) is 11.6 Å². The van der Waals surface area contributed by atoms with Crippen LogP contribution in [0, 0.1) is 5.82 Å². The number of carbonyl (C=O) groups excluding carboxylic acids is 1. The van der Waals surface area contributed by atoms with E-state index in [0.29, 0.717) is 30.0 Å². The average Bonchev–Trinajstić information content (AvgIpc) is 3.42. The first-order chi connectivity index (χ1) is 19.3. The number of anilines is 1. The Morgan fingerprint density at radius 1 is 0.975 bits per heavy atom. The zero-order valence-corrected chi connectivity index (χ0v) is 22.5. The number of carbonyl (C=O) groups is 1. The van der Waals surface area contributed by atoms with Crippen molar-refractivity contribution in [1.29, 1.82) is 0 Å². The molecule has 0 aliphatic carbocycles. The molecule has 10 heteroatoms. The molecular formula is C30H30FN7O2. The van der Waals surface area contributed by atoms with E-state index in [4.69, 9.17) is 0 Å². The van der Waals surface area contributed by atoms with Gasteiger partial charge in [-0.05, 0) is 60.2 Å². The molecule has 2 aliphatic heterocycles. The van der Waals surface area contributed by atoms with Crippen molar-refractivity contribution in [2.24, 2.45) is 0 Å². The van der Waals surface area contributed by atoms with Gasteiger partial charge in [-0.1, -0.05) is 24.3 Å². The van der Waals surface area contributed by atoms with E-state index in [0.717, 1.165) is 48.4 Å². The maximum atomic E-state index is 13.3. The highest BCUT2D eigenvalue weighted by molar-refractivity contribution is 5.80. The van der Waals surface area contributed by atoms with Gasteiger partial charge in [0, 0.05) is 57.3 Å². The summed E-state index contributed by atoms with van der Waals surface area (Å²) < 4.78 is 15.2. The number of rotatable bonds is 5. The van der Waals surface area contributed by atoms with E-state index in [-0.39, 0.29) is 11.7 Å². The topological polar surface area (TPSA) is 99.8 Å². The Balaban J connectivity index is 1.18. The quantitative estimate of drug-likeness (QED) is 0.411. The molecule has 6 rings (SSSR count). The fraction of sp³-hybridized carbons (Fsp3) is 0.300. The minimum absolute atomic E-state index is 0.0984. The number of halogens is 1. The van der Waals surface area contributed by atoms with Gasteiger partial charge < -0.3 is 14.9 Å². The molecule has 0 saturated carbocycles. The van der Waals surface area contributed by atoms with Crippen molar-refractivity contribution in [3.8, 4) is 0 Å². The second-order valence-electron chi connectivity index (χ2n) is 10.4. The molecule has 204 valence electrons. The first-order valence-electron chi connectivity index (χ1n) is 13.3. The number of benzene rings is 1. The standard InChI is InChI=1S/C30H30FN7O2/c1-20(39)36-11-7-21(8-12-36)23-15-27-29(34-19-35-38(27)18-23)37-13-9-22(10-14-37)28-32-16-25(17-33-28)30(2,40)24-3-5-26(31)6-4-24/h3-7,9,15-19,40H,8,10-14H2,1-2H3. The Bertz CT molecular complexity index is 1620. The molecule has 1 atom stereocenters. The lowest BCUT2D eigenvalue weighted by Gasteiger charge is -2.27. The molecule has 40 heavy (non-hydrogen) atoms. The monoisotopic (exact) mass is 539 g/mol. The van der Waals surface area contributed by atoms with Crippen molar-refractivity contribution in [2.75, 3.05) is 31.1 Å². The van der Waals surface area contributed by atoms with E-state index >= 15 is 0 Å². The molecule has 0 spiro atoms. The van der Waals surface area contributed by atoms with Crippen molar-refractivity contribution in [1.82, 2.24) is 29.5 Å². The van der Waals surface area contributed by atoms with Crippen LogP contribution >= 0.6 is 0 Å². The molecule has 0 radical (unpaired) electrons. The molecule has 1 amide bonds. The Hall–Kier alpha value is -4.44. The third-order valence-corrected chi connectivity index (χ3v) is 7.83. The van der Waals surface area contributed by atoms with E-state index in [2.05, 4.69) is 43.2 Å². The van der Waals surface area contributed by atoms with Crippen LogP contribution in [0.25, 0.3) is 16.7 Å². The van der Waals surface area contributed by atoms with Gasteiger partial charge >= 0.3 is 0 Å². The highest BCUT2D eigenvalue weighted by Crippen LogP contribution is 2.31. The van der Waals surface area contributed by atoms with Crippen LogP contribution < -0.4 is 4.90 Å². The molecule has 0 saturated heterocycles. The number of fused-ring (bicyclic) bond motifs is 1. The molecule has 5 heterocycles. The Morgan fingerprint density at radius 3 is 2.35 bits per heavy atom. The van der Waals surface area contributed by atoms with Gasteiger partial charge in [-0.25, -0.2) is 23.9 Å². The third kappa shape index (κ3) is 4.86. The number of aliphatic hydroxyl groups is 1. The van der Waals surface area contributed by atoms with E-state index in [1.165, 1.54) is 17.7 Å². The van der Waals surface area contributed by atoms with Crippen LogP contribution in [0.15, 0.2) is 67.4 Å². The summed E-state index contributed by atoms with van der Waals surface area (Å²) in [5, 5.41) is 15.5. The van der Waals surface area contributed by atoms with Gasteiger partial charge in [0.2, 0.25) is 5.91 Å². The minimum Gasteiger partial charge on any atom is -0.381 e. The fourth-order valence-electron chi connectivity index (χ4n) is 5.30. The lowest BCUT2D eigenvalue weighted by molar-refractivity contribution is -0.128. The highest BCUT2D eigenvalue weighted by atomic mass is 19.1. The fourth-order valence-corrected chi connectivity index (χ4v) is 5.30. The maximum absolute atomic E-state index is 13.3. The van der Waals surface area contributed by atoms with Crippen molar-refractivity contribution in [3.63, 3.8) is 0 Å². The van der Waals surface area contributed by atoms with E-state index in [1.54, 1.807) is 44.7 Å². The smallest absolute Gasteiger partial charge is 0.219 e. The number of hydrogen-bond donors (Lipinski definition) is 1. The normalized spacial score (nSPS) is 17.4. The summed E-state index contributed by atoms with van der Waals surface area (Å²) in [6.45, 7) is 6.00. The molecule has 0 bridgehead atoms. The zero-order valence-electron chi connectivity index (χ0n) is 22.5. The van der Waals surface area contributed by atoms with Crippen molar-refractivity contribution in [2.45, 2.75) is 32.3 Å². The van der Waals surface area contributed by atoms with Crippen molar-refractivity contribution in [3.05, 3.63) is 95.7 Å². The molecule has 0 fully saturated rings. The van der Waals surface area contributed by atoms with Gasteiger partial charge in [0.05, 0.1) is 0 Å². The predicted octanol–water partition coefficient (Wildman–Crippen LogP) is 3.84. The van der Waals surface area contributed by atoms with Gasteiger partial charge in [0.1, 0.15) is 23.3 Å². The lowest BCUT2D eigenvalue weighted by Crippen LogP contribution is -2.32. The number of amides is 1. The van der Waals surface area contributed by atoms with E-state index < -0.39 is 5.60 Å². The van der Waals surface area contributed by atoms with Crippen LogP contribution in [0.4, 0.5) is 10.2 Å². The molecule has 1 unspecified atom stereocenters. The summed E-state index contributed by atoms with van der Waals surface area (Å²) in [5.41, 5.74) is 4.06. The summed E-state index contributed by atoms with van der Waals surface area (Å²) in [7, 11) is 0. The van der Waals surface area contributed by atoms with Crippen LogP contribution in [0.5, 0.6) is 0 Å². The Morgan fingerprint density at radius 2 is 1.70 bits per heavy atom. The van der Waals surface area contributed by atoms with Crippen molar-refractivity contribution >= 4 is 28.4 Å². The molecule has 4 aromatic rings. The number of aromatic nitrogens is 5. The van der Waals surface area contributed by atoms with E-state index in [1.807, 2.05) is 15.6 Å². The van der Waals surface area contributed by atoms with Crippen LogP contribution in [0.3, 0.4) is 0 Å². The van der Waals surface area contributed by atoms with Crippen LogP contribution in [-0.2, 0) is 10.4 Å². The highest BCUT2D eigenvalue weighted by Gasteiger charge is 2.27. The summed E-state index contributed by atoms with van der Waals surface area (Å²) in [6, 6.07) is 7.91. The average molecular weight is 540 g/mol. The largest absolute Gasteiger partial charge is 0.381 e. The van der Waals surface area contributed by atoms with Crippen molar-refractivity contribution < 1.29 is 14.3 Å². The van der Waals surface area contributed by atoms with Crippen LogP contribution in [0.2, 0.25) is 0 Å². The number of nitrogens with zero attached hydrogens (tertiary/aromatic N) is 7. The summed E-state index contributed by atoms with van der Waals surface area (Å²) in [4.78, 5) is 29.4. The lowest BCUT2D eigenvalue weighted by atomic mass is 9.90. The van der Waals surface area contributed by atoms with E-state index in [9.17, 15) is 14.3 Å². The molecule has 1 N–H and O–H groups in total. The van der Waals surface area contributed by atoms with Gasteiger partial charge in [0.25, 0.3) is 0 Å². The Kier molecular flexibility index (Phi) is 6.63. The third-order valence-electron chi connectivity index (χ3n) is 7.83. The predicted molar refractivity (Wildman–Crippen MR) is 150 cm³/mol. The zero-order chi connectivity index (χ0) is 27.9. The van der Waals surface area contributed by atoms with Gasteiger partial charge in [-0.3, -0.25) is 4.79 Å². The Labute approximate surface area is 231 Å². The first-order valence-corrected chi connectivity index (χ1v) is 13.3. The molecular weight excluding hydrogens is 509 g/mol.